The number of fused-ring (bicyclic) bond motifs is 1. The third-order valence-corrected chi connectivity index (χ3v) is 11.7. The van der Waals surface area contributed by atoms with E-state index in [1.54, 1.807) is 25.4 Å². The first-order valence-corrected chi connectivity index (χ1v) is 20.4. The van der Waals surface area contributed by atoms with Crippen molar-refractivity contribution in [3.8, 4) is 0 Å². The molecule has 1 aromatic heterocycles. The van der Waals surface area contributed by atoms with E-state index in [-0.39, 0.29) is 41.3 Å². The summed E-state index contributed by atoms with van der Waals surface area (Å²) in [6, 6.07) is 13.6. The smallest absolute Gasteiger partial charge is 0.282 e. The molecule has 4 amide bonds. The van der Waals surface area contributed by atoms with Gasteiger partial charge < -0.3 is 31.1 Å². The minimum absolute atomic E-state index is 0.00330. The lowest BCUT2D eigenvalue weighted by Crippen LogP contribution is -2.48. The summed E-state index contributed by atoms with van der Waals surface area (Å²) in [4.78, 5) is 66.3. The summed E-state index contributed by atoms with van der Waals surface area (Å²) in [6.07, 6.45) is 11.2. The Bertz CT molecular complexity index is 1910. The van der Waals surface area contributed by atoms with Gasteiger partial charge in [-0.2, -0.15) is 5.10 Å². The number of anilines is 2. The molecule has 294 valence electrons. The Balaban J connectivity index is 0.815. The van der Waals surface area contributed by atoms with E-state index < -0.39 is 0 Å². The molecule has 13 nitrogen and oxygen atoms in total. The van der Waals surface area contributed by atoms with Crippen LogP contribution >= 0.6 is 15.9 Å². The maximum absolute atomic E-state index is 12.9. The Labute approximate surface area is 331 Å². The number of unbranched alkanes of at least 4 members (excludes halogenated alkanes) is 6. The van der Waals surface area contributed by atoms with Gasteiger partial charge in [-0.3, -0.25) is 24.0 Å². The molecule has 3 atom stereocenters. The first-order chi connectivity index (χ1) is 26.5. The van der Waals surface area contributed by atoms with Crippen LogP contribution in [0.4, 0.5) is 11.4 Å². The van der Waals surface area contributed by atoms with Crippen molar-refractivity contribution in [2.75, 3.05) is 43.9 Å². The zero-order valence-electron chi connectivity index (χ0n) is 31.9. The fraction of sp³-hybridized carbons (Fsp3) is 0.512. The van der Waals surface area contributed by atoms with E-state index in [4.69, 9.17) is 0 Å². The third-order valence-electron chi connectivity index (χ3n) is 11.0. The van der Waals surface area contributed by atoms with Gasteiger partial charge in [0.05, 0.1) is 17.9 Å². The lowest BCUT2D eigenvalue weighted by molar-refractivity contribution is -0.123. The van der Waals surface area contributed by atoms with Crippen LogP contribution in [-0.4, -0.2) is 88.5 Å². The third kappa shape index (κ3) is 10.6. The highest BCUT2D eigenvalue weighted by atomic mass is 79.9. The number of hydrogen-bond donors (Lipinski definition) is 4. The molecule has 14 heteroatoms. The molecule has 0 aliphatic carbocycles. The van der Waals surface area contributed by atoms with Crippen molar-refractivity contribution in [2.45, 2.75) is 95.2 Å². The second-order valence-corrected chi connectivity index (χ2v) is 16.0. The van der Waals surface area contributed by atoms with Crippen molar-refractivity contribution < 1.29 is 19.2 Å². The summed E-state index contributed by atoms with van der Waals surface area (Å²) in [7, 11) is 3.73. The van der Waals surface area contributed by atoms with Gasteiger partial charge in [-0.15, -0.1) is 0 Å². The Morgan fingerprint density at radius 2 is 1.69 bits per heavy atom. The number of likely N-dealkylation sites (tertiary alicyclic amines) is 1. The SMILES string of the molecule is CN1C[C@@H](Nc2cnn(C)c(=O)c2Br)C[C@@H](c2ccc(C(=O)NCCCCCCCCCC(=O)Nc3ccc4c(c3)CN(C3CCC(=O)NC3)C4=O)cc2)C1. The molecule has 1 unspecified atom stereocenters. The van der Waals surface area contributed by atoms with E-state index in [0.29, 0.717) is 71.8 Å². The van der Waals surface area contributed by atoms with Crippen LogP contribution in [-0.2, 0) is 23.2 Å². The lowest BCUT2D eigenvalue weighted by atomic mass is 9.87. The maximum Gasteiger partial charge on any atom is 0.282 e. The van der Waals surface area contributed by atoms with E-state index in [0.717, 1.165) is 70.0 Å². The Morgan fingerprint density at radius 3 is 2.44 bits per heavy atom. The van der Waals surface area contributed by atoms with Crippen LogP contribution in [0.2, 0.25) is 0 Å². The normalized spacial score (nSPS) is 19.8. The predicted octanol–water partition coefficient (Wildman–Crippen LogP) is 5.17. The second kappa shape index (κ2) is 18.9. The number of halogens is 1. The van der Waals surface area contributed by atoms with E-state index in [1.807, 2.05) is 23.1 Å². The molecule has 2 aromatic carbocycles. The van der Waals surface area contributed by atoms with Gasteiger partial charge in [0, 0.05) is 75.5 Å². The first-order valence-electron chi connectivity index (χ1n) is 19.6. The van der Waals surface area contributed by atoms with Crippen LogP contribution in [0, 0.1) is 0 Å². The zero-order valence-corrected chi connectivity index (χ0v) is 33.5. The molecule has 55 heavy (non-hydrogen) atoms. The standard InChI is InChI=1S/C41H53BrN8O5/c1-48-24-29(20-32(26-48)46-35-23-45-49(2)41(55)38(35)42)27-11-13-28(14-12-27)39(53)43-19-9-7-5-3-4-6-8-10-37(52)47-31-15-17-34-30(21-31)25-50(40(34)54)33-16-18-36(51)44-22-33/h11-15,17,21,23,29,32-33,46H,3-10,16,18-20,22,24-26H2,1-2H3,(H,43,53)(H,44,51)(H,47,52)/t29-,32+,33?/m1/s1. The van der Waals surface area contributed by atoms with E-state index in [2.05, 4.69) is 66.4 Å². The van der Waals surface area contributed by atoms with E-state index >= 15 is 0 Å². The zero-order chi connectivity index (χ0) is 38.9. The van der Waals surface area contributed by atoms with Gasteiger partial charge in [0.15, 0.2) is 0 Å². The van der Waals surface area contributed by atoms with Gasteiger partial charge in [-0.05, 0) is 96.0 Å². The number of nitrogens with zero attached hydrogens (tertiary/aromatic N) is 4. The fourth-order valence-corrected chi connectivity index (χ4v) is 8.40. The Hall–Kier alpha value is -4.56. The van der Waals surface area contributed by atoms with Crippen LogP contribution in [0.3, 0.4) is 0 Å². The number of hydrogen-bond acceptors (Lipinski definition) is 8. The van der Waals surface area contributed by atoms with Gasteiger partial charge in [0.1, 0.15) is 4.47 Å². The highest BCUT2D eigenvalue weighted by molar-refractivity contribution is 9.10. The molecule has 2 fully saturated rings. The van der Waals surface area contributed by atoms with Crippen molar-refractivity contribution in [3.63, 3.8) is 0 Å². The molecule has 3 aliphatic heterocycles. The number of likely N-dealkylation sites (N-methyl/N-ethyl adjacent to an activating group) is 1. The second-order valence-electron chi connectivity index (χ2n) is 15.2. The summed E-state index contributed by atoms with van der Waals surface area (Å²) in [5, 5.41) is 16.5. The molecule has 6 rings (SSSR count). The van der Waals surface area contributed by atoms with Crippen molar-refractivity contribution >= 4 is 50.9 Å². The molecule has 4 heterocycles. The summed E-state index contributed by atoms with van der Waals surface area (Å²) >= 11 is 3.41. The number of benzene rings is 2. The number of nitrogens with one attached hydrogen (secondary N) is 4. The van der Waals surface area contributed by atoms with Crippen LogP contribution < -0.4 is 26.8 Å². The number of carbonyl (C=O) groups is 4. The number of rotatable bonds is 16. The number of amides is 4. The molecular weight excluding hydrogens is 764 g/mol. The molecular formula is C41H53BrN8O5. The molecule has 0 spiro atoms. The monoisotopic (exact) mass is 816 g/mol. The highest BCUT2D eigenvalue weighted by Gasteiger charge is 2.34. The average Bonchev–Trinajstić information content (AvgIpc) is 3.50. The van der Waals surface area contributed by atoms with Gasteiger partial charge in [-0.1, -0.05) is 44.2 Å². The van der Waals surface area contributed by atoms with Gasteiger partial charge >= 0.3 is 0 Å². The predicted molar refractivity (Wildman–Crippen MR) is 216 cm³/mol. The topological polar surface area (TPSA) is 158 Å². The minimum atomic E-state index is -0.178. The average molecular weight is 818 g/mol. The Morgan fingerprint density at radius 1 is 0.945 bits per heavy atom. The summed E-state index contributed by atoms with van der Waals surface area (Å²) < 4.78 is 1.79. The van der Waals surface area contributed by atoms with Crippen LogP contribution in [0.5, 0.6) is 0 Å². The quantitative estimate of drug-likeness (QED) is 0.144. The maximum atomic E-state index is 12.9. The van der Waals surface area contributed by atoms with Gasteiger partial charge in [-0.25, -0.2) is 4.68 Å². The van der Waals surface area contributed by atoms with E-state index in [9.17, 15) is 24.0 Å². The van der Waals surface area contributed by atoms with Gasteiger partial charge in [0.2, 0.25) is 11.8 Å². The van der Waals surface area contributed by atoms with Crippen molar-refractivity contribution in [3.05, 3.63) is 85.7 Å². The minimum Gasteiger partial charge on any atom is -0.379 e. The molecule has 0 bridgehead atoms. The molecule has 2 saturated heterocycles. The summed E-state index contributed by atoms with van der Waals surface area (Å²) in [6.45, 7) is 3.39. The summed E-state index contributed by atoms with van der Waals surface area (Å²) in [5.74, 6) is 0.235. The molecule has 3 aromatic rings. The fourth-order valence-electron chi connectivity index (χ4n) is 7.93. The lowest BCUT2D eigenvalue weighted by Gasteiger charge is -2.37. The molecule has 4 N–H and O–H groups in total. The van der Waals surface area contributed by atoms with Crippen LogP contribution in [0.15, 0.2) is 57.9 Å². The number of aryl methyl sites for hydroxylation is 1. The molecule has 0 saturated carbocycles. The first kappa shape index (κ1) is 40.1. The highest BCUT2D eigenvalue weighted by Crippen LogP contribution is 2.31. The number of aromatic nitrogens is 2. The van der Waals surface area contributed by atoms with Crippen molar-refractivity contribution in [1.82, 2.24) is 30.2 Å². The molecule has 0 radical (unpaired) electrons. The van der Waals surface area contributed by atoms with Crippen LogP contribution in [0.1, 0.15) is 108 Å². The number of carbonyl (C=O) groups excluding carboxylic acids is 4. The van der Waals surface area contributed by atoms with Crippen LogP contribution in [0.25, 0.3) is 0 Å². The van der Waals surface area contributed by atoms with Gasteiger partial charge in [0.25, 0.3) is 17.4 Å². The Kier molecular flexibility index (Phi) is 13.8. The van der Waals surface area contributed by atoms with Crippen molar-refractivity contribution in [1.29, 1.82) is 0 Å². The summed E-state index contributed by atoms with van der Waals surface area (Å²) in [5.41, 5.74) is 4.66. The number of piperidine rings is 2. The largest absolute Gasteiger partial charge is 0.379 e. The van der Waals surface area contributed by atoms with Crippen molar-refractivity contribution in [2.24, 2.45) is 7.05 Å². The molecule has 3 aliphatic rings. The van der Waals surface area contributed by atoms with E-state index in [1.165, 1.54) is 10.2 Å².